The molecule has 0 saturated carbocycles. The van der Waals surface area contributed by atoms with Crippen molar-refractivity contribution in [2.45, 2.75) is 20.8 Å². The first kappa shape index (κ1) is 14.1. The van der Waals surface area contributed by atoms with Crippen LogP contribution in [-0.2, 0) is 7.05 Å². The predicted octanol–water partition coefficient (Wildman–Crippen LogP) is 2.24. The molecule has 0 radical (unpaired) electrons. The van der Waals surface area contributed by atoms with Crippen LogP contribution >= 0.6 is 0 Å². The monoisotopic (exact) mass is 301 g/mol. The minimum atomic E-state index is -0.404. The lowest BCUT2D eigenvalue weighted by atomic mass is 10.2. The molecular weight excluding hydrogens is 286 g/mol. The number of nitrogens with zero attached hydrogens (tertiary/aromatic N) is 4. The van der Waals surface area contributed by atoms with E-state index in [0.29, 0.717) is 17.2 Å². The molecular formula is C14H15N5O3. The Balaban J connectivity index is 1.79. The molecule has 3 rings (SSSR count). The largest absolute Gasteiger partial charge is 0.466 e. The summed E-state index contributed by atoms with van der Waals surface area (Å²) >= 11 is 0. The number of aromatic nitrogens is 4. The Hall–Kier alpha value is -2.90. The molecule has 0 fully saturated rings. The van der Waals surface area contributed by atoms with E-state index in [2.05, 4.69) is 20.6 Å². The second kappa shape index (κ2) is 5.14. The van der Waals surface area contributed by atoms with Crippen LogP contribution in [0.5, 0.6) is 0 Å². The van der Waals surface area contributed by atoms with Gasteiger partial charge in [0.2, 0.25) is 0 Å². The summed E-state index contributed by atoms with van der Waals surface area (Å²) in [6, 6.07) is 3.49. The molecule has 114 valence electrons. The summed E-state index contributed by atoms with van der Waals surface area (Å²) in [5.74, 6) is 1.32. The van der Waals surface area contributed by atoms with Crippen LogP contribution in [0.2, 0.25) is 0 Å². The Labute approximate surface area is 126 Å². The van der Waals surface area contributed by atoms with Gasteiger partial charge in [-0.1, -0.05) is 5.10 Å². The number of carbonyl (C=O) groups excluding carboxylic acids is 1. The minimum absolute atomic E-state index is 0.0153. The maximum Gasteiger partial charge on any atom is 0.322 e. The zero-order valence-corrected chi connectivity index (χ0v) is 12.7. The first-order valence-corrected chi connectivity index (χ1v) is 6.67. The van der Waals surface area contributed by atoms with E-state index in [1.54, 1.807) is 30.8 Å². The Bertz CT molecular complexity index is 823. The minimum Gasteiger partial charge on any atom is -0.466 e. The van der Waals surface area contributed by atoms with Crippen molar-refractivity contribution in [1.29, 1.82) is 0 Å². The molecule has 0 aliphatic heterocycles. The van der Waals surface area contributed by atoms with Gasteiger partial charge < -0.3 is 8.83 Å². The highest BCUT2D eigenvalue weighted by Crippen LogP contribution is 2.26. The van der Waals surface area contributed by atoms with E-state index in [9.17, 15) is 4.79 Å². The maximum atomic E-state index is 12.1. The van der Waals surface area contributed by atoms with Crippen molar-refractivity contribution < 1.29 is 13.6 Å². The molecule has 0 atom stereocenters. The van der Waals surface area contributed by atoms with Crippen LogP contribution in [0.1, 0.15) is 27.7 Å². The first-order valence-electron chi connectivity index (χ1n) is 6.67. The Morgan fingerprint density at radius 3 is 2.55 bits per heavy atom. The molecule has 8 nitrogen and oxygen atoms in total. The number of aryl methyl sites for hydroxylation is 4. The topological polar surface area (TPSA) is 99.0 Å². The molecule has 0 aliphatic carbocycles. The summed E-state index contributed by atoms with van der Waals surface area (Å²) < 4.78 is 12.5. The van der Waals surface area contributed by atoms with Gasteiger partial charge in [0.15, 0.2) is 5.69 Å². The number of amides is 1. The lowest BCUT2D eigenvalue weighted by Crippen LogP contribution is -2.13. The van der Waals surface area contributed by atoms with Crippen LogP contribution in [0.25, 0.3) is 11.5 Å². The number of anilines is 1. The van der Waals surface area contributed by atoms with Crippen LogP contribution in [0.4, 0.5) is 6.01 Å². The van der Waals surface area contributed by atoms with Crippen molar-refractivity contribution in [1.82, 2.24) is 20.0 Å². The fourth-order valence-corrected chi connectivity index (χ4v) is 2.06. The number of rotatable bonds is 3. The lowest BCUT2D eigenvalue weighted by Gasteiger charge is -1.95. The SMILES string of the molecule is Cc1cc(-c2nnc(NC(=O)c3cc(C)n(C)n3)o2)c(C)o1. The summed E-state index contributed by atoms with van der Waals surface area (Å²) in [6.07, 6.45) is 0. The number of carbonyl (C=O) groups is 1. The van der Waals surface area contributed by atoms with Crippen molar-refractivity contribution in [3.63, 3.8) is 0 Å². The fourth-order valence-electron chi connectivity index (χ4n) is 2.06. The molecule has 0 spiro atoms. The van der Waals surface area contributed by atoms with E-state index in [4.69, 9.17) is 8.83 Å². The molecule has 1 N–H and O–H groups in total. The van der Waals surface area contributed by atoms with Crippen molar-refractivity contribution in [3.8, 4) is 11.5 Å². The van der Waals surface area contributed by atoms with Gasteiger partial charge in [0.25, 0.3) is 11.8 Å². The zero-order chi connectivity index (χ0) is 15.9. The van der Waals surface area contributed by atoms with Crippen molar-refractivity contribution in [3.05, 3.63) is 35.0 Å². The molecule has 0 bridgehead atoms. The Morgan fingerprint density at radius 2 is 1.95 bits per heavy atom. The average molecular weight is 301 g/mol. The molecule has 0 aliphatic rings. The third-order valence-electron chi connectivity index (χ3n) is 3.26. The fraction of sp³-hybridized carbons (Fsp3) is 0.286. The normalized spacial score (nSPS) is 10.9. The Kier molecular flexibility index (Phi) is 3.28. The third kappa shape index (κ3) is 2.50. The van der Waals surface area contributed by atoms with Crippen molar-refractivity contribution in [2.24, 2.45) is 7.05 Å². The number of hydrogen-bond donors (Lipinski definition) is 1. The van der Waals surface area contributed by atoms with Crippen LogP contribution in [0.3, 0.4) is 0 Å². The van der Waals surface area contributed by atoms with Gasteiger partial charge in [-0.25, -0.2) is 0 Å². The van der Waals surface area contributed by atoms with Crippen LogP contribution in [0, 0.1) is 20.8 Å². The van der Waals surface area contributed by atoms with E-state index < -0.39 is 5.91 Å². The number of nitrogens with one attached hydrogen (secondary N) is 1. The lowest BCUT2D eigenvalue weighted by molar-refractivity contribution is 0.101. The highest BCUT2D eigenvalue weighted by molar-refractivity contribution is 6.01. The third-order valence-corrected chi connectivity index (χ3v) is 3.26. The molecule has 0 unspecified atom stereocenters. The standard InChI is InChI=1S/C14H15N5O3/c1-7-5-11(18-19(7)4)12(20)15-14-17-16-13(22-14)10-6-8(2)21-9(10)3/h5-6H,1-4H3,(H,15,17,20). The van der Waals surface area contributed by atoms with E-state index >= 15 is 0 Å². The van der Waals surface area contributed by atoms with Gasteiger partial charge in [-0.2, -0.15) is 5.10 Å². The van der Waals surface area contributed by atoms with E-state index in [0.717, 1.165) is 11.5 Å². The highest BCUT2D eigenvalue weighted by atomic mass is 16.4. The van der Waals surface area contributed by atoms with E-state index in [-0.39, 0.29) is 11.7 Å². The van der Waals surface area contributed by atoms with Crippen LogP contribution in [-0.4, -0.2) is 25.9 Å². The molecule has 0 saturated heterocycles. The summed E-state index contributed by atoms with van der Waals surface area (Å²) in [5, 5.41) is 14.3. The average Bonchev–Trinajstić information content (AvgIpc) is 3.11. The van der Waals surface area contributed by atoms with Gasteiger partial charge in [-0.3, -0.25) is 14.8 Å². The predicted molar refractivity (Wildman–Crippen MR) is 77.4 cm³/mol. The molecule has 3 aromatic rings. The first-order chi connectivity index (χ1) is 10.4. The number of furan rings is 1. The zero-order valence-electron chi connectivity index (χ0n) is 12.7. The van der Waals surface area contributed by atoms with E-state index in [1.807, 2.05) is 13.8 Å². The molecule has 1 amide bonds. The Morgan fingerprint density at radius 1 is 1.18 bits per heavy atom. The van der Waals surface area contributed by atoms with E-state index in [1.165, 1.54) is 0 Å². The van der Waals surface area contributed by atoms with Crippen molar-refractivity contribution in [2.75, 3.05) is 5.32 Å². The molecule has 22 heavy (non-hydrogen) atoms. The van der Waals surface area contributed by atoms with Gasteiger partial charge in [0.1, 0.15) is 11.5 Å². The molecule has 3 aromatic heterocycles. The summed E-state index contributed by atoms with van der Waals surface area (Å²) in [4.78, 5) is 12.1. The summed E-state index contributed by atoms with van der Waals surface area (Å²) in [6.45, 7) is 5.50. The number of hydrogen-bond acceptors (Lipinski definition) is 6. The second-order valence-corrected chi connectivity index (χ2v) is 4.99. The molecule has 0 aromatic carbocycles. The van der Waals surface area contributed by atoms with Crippen molar-refractivity contribution >= 4 is 11.9 Å². The maximum absolute atomic E-state index is 12.1. The molecule has 8 heteroatoms. The quantitative estimate of drug-likeness (QED) is 0.796. The van der Waals surface area contributed by atoms with Crippen LogP contribution in [0.15, 0.2) is 21.0 Å². The van der Waals surface area contributed by atoms with Gasteiger partial charge >= 0.3 is 6.01 Å². The smallest absolute Gasteiger partial charge is 0.322 e. The highest BCUT2D eigenvalue weighted by Gasteiger charge is 2.17. The summed E-state index contributed by atoms with van der Waals surface area (Å²) in [7, 11) is 1.76. The van der Waals surface area contributed by atoms with Gasteiger partial charge in [0.05, 0.1) is 5.56 Å². The molecule has 3 heterocycles. The second-order valence-electron chi connectivity index (χ2n) is 4.99. The van der Waals surface area contributed by atoms with Gasteiger partial charge in [-0.15, -0.1) is 5.10 Å². The van der Waals surface area contributed by atoms with Crippen LogP contribution < -0.4 is 5.32 Å². The summed E-state index contributed by atoms with van der Waals surface area (Å²) in [5.41, 5.74) is 1.87. The van der Waals surface area contributed by atoms with Gasteiger partial charge in [-0.05, 0) is 32.9 Å². The van der Waals surface area contributed by atoms with Gasteiger partial charge in [0, 0.05) is 12.7 Å².